The van der Waals surface area contributed by atoms with Gasteiger partial charge in [0.05, 0.1) is 0 Å². The Morgan fingerprint density at radius 1 is 1.30 bits per heavy atom. The number of nitrogens with one attached hydrogen (secondary N) is 2. The van der Waals surface area contributed by atoms with E-state index in [0.29, 0.717) is 0 Å². The Morgan fingerprint density at radius 3 is 2.35 bits per heavy atom. The first-order valence-corrected chi connectivity index (χ1v) is 7.15. The Bertz CT molecular complexity index is 393. The molecule has 0 aromatic carbocycles. The van der Waals surface area contributed by atoms with Gasteiger partial charge in [0.25, 0.3) is 0 Å². The van der Waals surface area contributed by atoms with Crippen molar-refractivity contribution in [3.05, 3.63) is 0 Å². The summed E-state index contributed by atoms with van der Waals surface area (Å²) in [6.45, 7) is -0.529. The van der Waals surface area contributed by atoms with Gasteiger partial charge in [-0.3, -0.25) is 0 Å². The van der Waals surface area contributed by atoms with Crippen LogP contribution in [0.5, 0.6) is 0 Å². The van der Waals surface area contributed by atoms with Crippen molar-refractivity contribution >= 4 is 50.6 Å². The number of carbonyl (C=O) groups is 3. The van der Waals surface area contributed by atoms with Crippen LogP contribution in [0.25, 0.3) is 0 Å². The fraction of sp³-hybridized carbons (Fsp3) is 0.600. The van der Waals surface area contributed by atoms with Crippen LogP contribution >= 0.6 is 12.6 Å². The SMILES string of the molecule is N[C@@H](CCC(=O)N[C@@H](CS)C(=O)NCC(=O)O)C(O)=[Se]. The first-order chi connectivity index (χ1) is 9.27. The van der Waals surface area contributed by atoms with Crippen LogP contribution in [0.15, 0.2) is 0 Å². The van der Waals surface area contributed by atoms with E-state index in [2.05, 4.69) is 38.8 Å². The summed E-state index contributed by atoms with van der Waals surface area (Å²) in [5, 5.41) is 22.0. The third-order valence-electron chi connectivity index (χ3n) is 2.25. The predicted octanol–water partition coefficient (Wildman–Crippen LogP) is -2.62. The molecular weight excluding hydrogens is 353 g/mol. The van der Waals surface area contributed by atoms with Gasteiger partial charge in [-0.2, -0.15) is 0 Å². The number of nitrogens with two attached hydrogens (primary N) is 1. The zero-order valence-corrected chi connectivity index (χ0v) is 13.1. The van der Waals surface area contributed by atoms with E-state index in [1.807, 2.05) is 0 Å². The van der Waals surface area contributed by atoms with Crippen LogP contribution in [-0.2, 0) is 14.4 Å². The summed E-state index contributed by atoms with van der Waals surface area (Å²) in [4.78, 5) is 33.4. The number of hydrogen-bond donors (Lipinski definition) is 6. The Hall–Kier alpha value is -1.09. The van der Waals surface area contributed by atoms with Crippen molar-refractivity contribution in [2.75, 3.05) is 12.3 Å². The molecular formula is C10H17N3O5SSe. The summed E-state index contributed by atoms with van der Waals surface area (Å²) in [5.41, 5.74) is 5.51. The van der Waals surface area contributed by atoms with Crippen molar-refractivity contribution < 1.29 is 24.6 Å². The van der Waals surface area contributed by atoms with Crippen LogP contribution < -0.4 is 16.4 Å². The number of aliphatic hydroxyl groups excluding tert-OH is 1. The van der Waals surface area contributed by atoms with E-state index in [1.165, 1.54) is 0 Å². The van der Waals surface area contributed by atoms with Crippen molar-refractivity contribution in [1.82, 2.24) is 10.6 Å². The molecule has 0 unspecified atom stereocenters. The quantitative estimate of drug-likeness (QED) is 0.194. The zero-order valence-electron chi connectivity index (χ0n) is 10.5. The average molecular weight is 370 g/mol. The minimum atomic E-state index is -1.18. The molecule has 6 N–H and O–H groups in total. The van der Waals surface area contributed by atoms with E-state index < -0.39 is 36.4 Å². The molecule has 0 radical (unpaired) electrons. The maximum absolute atomic E-state index is 11.6. The number of carbonyl (C=O) groups excluding carboxylic acids is 2. The molecule has 0 aromatic rings. The molecule has 0 spiro atoms. The van der Waals surface area contributed by atoms with Crippen molar-refractivity contribution in [3.8, 4) is 0 Å². The first-order valence-electron chi connectivity index (χ1n) is 5.66. The zero-order chi connectivity index (χ0) is 15.7. The Balaban J connectivity index is 4.21. The topological polar surface area (TPSA) is 142 Å². The molecule has 0 aliphatic carbocycles. The molecule has 0 bridgehead atoms. The average Bonchev–Trinajstić information content (AvgIpc) is 2.38. The Labute approximate surface area is 129 Å². The molecule has 10 heteroatoms. The molecule has 0 saturated carbocycles. The van der Waals surface area contributed by atoms with Crippen LogP contribution in [0.4, 0.5) is 0 Å². The fourth-order valence-electron chi connectivity index (χ4n) is 1.16. The minimum absolute atomic E-state index is 0.0173. The van der Waals surface area contributed by atoms with E-state index in [4.69, 9.17) is 15.9 Å². The molecule has 0 saturated heterocycles. The van der Waals surface area contributed by atoms with Crippen molar-refractivity contribution in [2.24, 2.45) is 5.73 Å². The molecule has 8 nitrogen and oxygen atoms in total. The molecule has 0 heterocycles. The van der Waals surface area contributed by atoms with Crippen LogP contribution in [0.1, 0.15) is 12.8 Å². The van der Waals surface area contributed by atoms with E-state index in [1.54, 1.807) is 0 Å². The fourth-order valence-corrected chi connectivity index (χ4v) is 1.66. The summed E-state index contributed by atoms with van der Waals surface area (Å²) in [7, 11) is 0. The Morgan fingerprint density at radius 2 is 1.90 bits per heavy atom. The molecule has 114 valence electrons. The molecule has 2 amide bonds. The van der Waals surface area contributed by atoms with Crippen molar-refractivity contribution in [1.29, 1.82) is 0 Å². The molecule has 20 heavy (non-hydrogen) atoms. The number of aliphatic hydroxyl groups is 1. The summed E-state index contributed by atoms with van der Waals surface area (Å²) in [6, 6.07) is -1.58. The van der Waals surface area contributed by atoms with Crippen molar-refractivity contribution in [2.45, 2.75) is 24.9 Å². The second-order valence-corrected chi connectivity index (χ2v) is 5.14. The first kappa shape index (κ1) is 18.9. The van der Waals surface area contributed by atoms with E-state index in [9.17, 15) is 14.4 Å². The van der Waals surface area contributed by atoms with E-state index in [-0.39, 0.29) is 23.2 Å². The van der Waals surface area contributed by atoms with Gasteiger partial charge in [-0.15, -0.1) is 0 Å². The second kappa shape index (κ2) is 9.76. The van der Waals surface area contributed by atoms with Crippen molar-refractivity contribution in [3.63, 3.8) is 0 Å². The van der Waals surface area contributed by atoms with Gasteiger partial charge in [0.15, 0.2) is 0 Å². The third kappa shape index (κ3) is 8.15. The molecule has 0 aliphatic heterocycles. The molecule has 0 fully saturated rings. The third-order valence-corrected chi connectivity index (χ3v) is 3.25. The standard InChI is InChI=1S/C10H17N3O5SSe/c11-5(10(18)20)1-2-7(14)13-6(4-19)9(17)12-3-8(15)16/h5-6,19H,1-4,11H2,(H,12,17)(H,13,14)(H,15,16)(H,18,20)/t5-,6-/m0/s1. The number of carboxylic acids is 1. The molecule has 0 rings (SSSR count). The molecule has 0 aliphatic rings. The maximum atomic E-state index is 11.6. The van der Waals surface area contributed by atoms with Crippen LogP contribution in [-0.4, -0.2) is 72.6 Å². The monoisotopic (exact) mass is 371 g/mol. The summed E-state index contributed by atoms with van der Waals surface area (Å²) in [6.07, 6.45) is 0.226. The van der Waals surface area contributed by atoms with Gasteiger partial charge in [-0.1, -0.05) is 0 Å². The Kier molecular flexibility index (Phi) is 9.22. The van der Waals surface area contributed by atoms with Gasteiger partial charge in [0.1, 0.15) is 0 Å². The van der Waals surface area contributed by atoms with E-state index in [0.717, 1.165) is 0 Å². The van der Waals surface area contributed by atoms with E-state index >= 15 is 0 Å². The summed E-state index contributed by atoms with van der Waals surface area (Å²) in [5.74, 6) is -2.22. The summed E-state index contributed by atoms with van der Waals surface area (Å²) < 4.78 is -0.0947. The number of amides is 2. The van der Waals surface area contributed by atoms with Gasteiger partial charge < -0.3 is 0 Å². The number of rotatable bonds is 9. The number of thiol groups is 1. The predicted molar refractivity (Wildman–Crippen MR) is 76.3 cm³/mol. The van der Waals surface area contributed by atoms with Gasteiger partial charge >= 0.3 is 129 Å². The number of aliphatic carboxylic acids is 1. The van der Waals surface area contributed by atoms with Crippen LogP contribution in [0, 0.1) is 0 Å². The summed E-state index contributed by atoms with van der Waals surface area (Å²) >= 11 is 6.26. The molecule has 0 aromatic heterocycles. The second-order valence-electron chi connectivity index (χ2n) is 3.90. The van der Waals surface area contributed by atoms with Gasteiger partial charge in [0, 0.05) is 0 Å². The van der Waals surface area contributed by atoms with Crippen LogP contribution in [0.3, 0.4) is 0 Å². The number of carboxylic acid groups (broad SMARTS) is 1. The van der Waals surface area contributed by atoms with Crippen LogP contribution in [0.2, 0.25) is 0 Å². The van der Waals surface area contributed by atoms with Gasteiger partial charge in [0.2, 0.25) is 0 Å². The molecule has 2 atom stereocenters. The number of hydrogen-bond acceptors (Lipinski definition) is 6. The van der Waals surface area contributed by atoms with Gasteiger partial charge in [-0.05, 0) is 0 Å². The van der Waals surface area contributed by atoms with Gasteiger partial charge in [-0.25, -0.2) is 0 Å². The normalized spacial score (nSPS) is 13.1.